The summed E-state index contributed by atoms with van der Waals surface area (Å²) in [5.41, 5.74) is 1.05. The van der Waals surface area contributed by atoms with E-state index in [1.165, 1.54) is 4.90 Å². The molecule has 0 radical (unpaired) electrons. The number of likely N-dealkylation sites (tertiary alicyclic amines) is 1. The summed E-state index contributed by atoms with van der Waals surface area (Å²) in [6.45, 7) is 0.861. The number of hydrogen-bond donors (Lipinski definition) is 1. The number of carbonyl (C=O) groups excluding carboxylic acids is 2. The highest BCUT2D eigenvalue weighted by Crippen LogP contribution is 2.41. The minimum absolute atomic E-state index is 0.0271. The van der Waals surface area contributed by atoms with Gasteiger partial charge in [-0.3, -0.25) is 14.6 Å². The molecule has 29 heavy (non-hydrogen) atoms. The summed E-state index contributed by atoms with van der Waals surface area (Å²) in [5.74, 6) is -0.611. The molecular formula is C21H20N2O6. The van der Waals surface area contributed by atoms with E-state index in [1.54, 1.807) is 49.8 Å². The maximum atomic E-state index is 12.9. The van der Waals surface area contributed by atoms with Gasteiger partial charge in [0.05, 0.1) is 11.6 Å². The van der Waals surface area contributed by atoms with Gasteiger partial charge in [-0.1, -0.05) is 6.07 Å². The number of aliphatic hydroxyl groups excluding tert-OH is 1. The lowest BCUT2D eigenvalue weighted by Crippen LogP contribution is -2.31. The molecule has 3 heterocycles. The number of methoxy groups -OCH3 is 1. The topological polar surface area (TPSA) is 98.2 Å². The number of fused-ring (bicyclic) bond motifs is 1. The Morgan fingerprint density at radius 2 is 2.10 bits per heavy atom. The highest BCUT2D eigenvalue weighted by Gasteiger charge is 2.46. The van der Waals surface area contributed by atoms with Crippen LogP contribution in [0.2, 0.25) is 0 Å². The van der Waals surface area contributed by atoms with Gasteiger partial charge in [0, 0.05) is 38.2 Å². The molecule has 1 amide bonds. The molecule has 1 unspecified atom stereocenters. The Morgan fingerprint density at radius 1 is 1.28 bits per heavy atom. The predicted octanol–water partition coefficient (Wildman–Crippen LogP) is 2.27. The van der Waals surface area contributed by atoms with Gasteiger partial charge in [0.15, 0.2) is 11.5 Å². The van der Waals surface area contributed by atoms with Crippen molar-refractivity contribution < 1.29 is 28.9 Å². The van der Waals surface area contributed by atoms with Crippen LogP contribution in [0.1, 0.15) is 23.6 Å². The van der Waals surface area contributed by atoms with Crippen LogP contribution in [0.4, 0.5) is 0 Å². The lowest BCUT2D eigenvalue weighted by molar-refractivity contribution is -0.140. The number of rotatable bonds is 6. The standard InChI is InChI=1S/C21H20N2O6/c1-27-9-3-8-23-18(14-4-2-7-22-11-14)17(20(25)21(23)26)19(24)13-5-6-15-16(10-13)29-12-28-15/h2,4-7,10-11,18,24H,3,8-9,12H2,1H3/b19-17-. The molecule has 0 bridgehead atoms. The number of ether oxygens (including phenoxy) is 3. The molecule has 2 aliphatic rings. The number of aromatic nitrogens is 1. The monoisotopic (exact) mass is 396 g/mol. The Labute approximate surface area is 167 Å². The second-order valence-corrected chi connectivity index (χ2v) is 6.69. The molecular weight excluding hydrogens is 376 g/mol. The zero-order chi connectivity index (χ0) is 20.4. The fraction of sp³-hybridized carbons (Fsp3) is 0.286. The number of pyridine rings is 1. The highest BCUT2D eigenvalue weighted by molar-refractivity contribution is 6.46. The molecule has 1 aromatic carbocycles. The summed E-state index contributed by atoms with van der Waals surface area (Å²) in [6, 6.07) is 7.65. The van der Waals surface area contributed by atoms with Crippen LogP contribution in [0.3, 0.4) is 0 Å². The zero-order valence-corrected chi connectivity index (χ0v) is 15.8. The SMILES string of the molecule is COCCCN1C(=O)C(=O)/C(=C(\O)c2ccc3c(c2)OCO3)C1c1cccnc1. The number of benzene rings is 1. The minimum atomic E-state index is -0.731. The molecule has 4 rings (SSSR count). The largest absolute Gasteiger partial charge is 0.507 e. The average Bonchev–Trinajstić information content (AvgIpc) is 3.31. The van der Waals surface area contributed by atoms with Crippen LogP contribution in [-0.2, 0) is 14.3 Å². The predicted molar refractivity (Wildman–Crippen MR) is 102 cm³/mol. The Hall–Kier alpha value is -3.39. The van der Waals surface area contributed by atoms with Gasteiger partial charge >= 0.3 is 0 Å². The van der Waals surface area contributed by atoms with E-state index in [9.17, 15) is 14.7 Å². The molecule has 1 N–H and O–H groups in total. The highest BCUT2D eigenvalue weighted by atomic mass is 16.7. The van der Waals surface area contributed by atoms with Crippen LogP contribution in [0.25, 0.3) is 5.76 Å². The van der Waals surface area contributed by atoms with Gasteiger partial charge in [-0.15, -0.1) is 0 Å². The van der Waals surface area contributed by atoms with Crippen molar-refractivity contribution in [2.24, 2.45) is 0 Å². The van der Waals surface area contributed by atoms with Crippen molar-refractivity contribution in [1.29, 1.82) is 0 Å². The smallest absolute Gasteiger partial charge is 0.295 e. The second-order valence-electron chi connectivity index (χ2n) is 6.69. The fourth-order valence-electron chi connectivity index (χ4n) is 3.57. The van der Waals surface area contributed by atoms with Gasteiger partial charge in [0.1, 0.15) is 5.76 Å². The van der Waals surface area contributed by atoms with Crippen LogP contribution in [0, 0.1) is 0 Å². The molecule has 8 heteroatoms. The third-order valence-electron chi connectivity index (χ3n) is 4.93. The number of amides is 1. The Morgan fingerprint density at radius 3 is 2.86 bits per heavy atom. The Kier molecular flexibility index (Phi) is 5.18. The van der Waals surface area contributed by atoms with Crippen LogP contribution >= 0.6 is 0 Å². The van der Waals surface area contributed by atoms with Crippen molar-refractivity contribution >= 4 is 17.4 Å². The maximum absolute atomic E-state index is 12.9. The summed E-state index contributed by atoms with van der Waals surface area (Å²) in [4.78, 5) is 31.2. The van der Waals surface area contributed by atoms with Crippen molar-refractivity contribution in [3.8, 4) is 11.5 Å². The molecule has 150 valence electrons. The van der Waals surface area contributed by atoms with E-state index in [4.69, 9.17) is 14.2 Å². The number of Topliss-reactive ketones (excluding diaryl/α,β-unsaturated/α-hetero) is 1. The van der Waals surface area contributed by atoms with E-state index in [2.05, 4.69) is 4.98 Å². The lowest BCUT2D eigenvalue weighted by Gasteiger charge is -2.25. The maximum Gasteiger partial charge on any atom is 0.295 e. The van der Waals surface area contributed by atoms with E-state index in [0.29, 0.717) is 42.2 Å². The third kappa shape index (κ3) is 3.42. The summed E-state index contributed by atoms with van der Waals surface area (Å²) in [5, 5.41) is 11.0. The van der Waals surface area contributed by atoms with E-state index in [-0.39, 0.29) is 18.1 Å². The molecule has 1 fully saturated rings. The van der Waals surface area contributed by atoms with Crippen LogP contribution in [-0.4, -0.2) is 53.7 Å². The first-order chi connectivity index (χ1) is 14.1. The van der Waals surface area contributed by atoms with Gasteiger partial charge in [-0.05, 0) is 36.2 Å². The summed E-state index contributed by atoms with van der Waals surface area (Å²) >= 11 is 0. The van der Waals surface area contributed by atoms with Gasteiger partial charge in [-0.25, -0.2) is 0 Å². The van der Waals surface area contributed by atoms with Crippen LogP contribution in [0.15, 0.2) is 48.3 Å². The molecule has 0 aliphatic carbocycles. The van der Waals surface area contributed by atoms with Gasteiger partial charge in [0.2, 0.25) is 6.79 Å². The molecule has 1 saturated heterocycles. The molecule has 0 spiro atoms. The van der Waals surface area contributed by atoms with Crippen LogP contribution < -0.4 is 9.47 Å². The lowest BCUT2D eigenvalue weighted by atomic mass is 9.96. The number of carbonyl (C=O) groups is 2. The molecule has 1 atom stereocenters. The first-order valence-electron chi connectivity index (χ1n) is 9.19. The Bertz CT molecular complexity index is 972. The zero-order valence-electron chi connectivity index (χ0n) is 15.8. The van der Waals surface area contributed by atoms with Gasteiger partial charge in [-0.2, -0.15) is 0 Å². The van der Waals surface area contributed by atoms with Crippen LogP contribution in [0.5, 0.6) is 11.5 Å². The summed E-state index contributed by atoms with van der Waals surface area (Å²) < 4.78 is 15.7. The van der Waals surface area contributed by atoms with Crippen molar-refractivity contribution in [1.82, 2.24) is 9.88 Å². The minimum Gasteiger partial charge on any atom is -0.507 e. The number of aliphatic hydroxyl groups is 1. The third-order valence-corrected chi connectivity index (χ3v) is 4.93. The van der Waals surface area contributed by atoms with Gasteiger partial charge < -0.3 is 24.2 Å². The fourth-order valence-corrected chi connectivity index (χ4v) is 3.57. The van der Waals surface area contributed by atoms with Crippen molar-refractivity contribution in [3.05, 3.63) is 59.4 Å². The van der Waals surface area contributed by atoms with Crippen molar-refractivity contribution in [2.45, 2.75) is 12.5 Å². The second kappa shape index (κ2) is 7.92. The number of ketones is 1. The first-order valence-corrected chi connectivity index (χ1v) is 9.19. The van der Waals surface area contributed by atoms with E-state index < -0.39 is 17.7 Å². The van der Waals surface area contributed by atoms with E-state index >= 15 is 0 Å². The molecule has 2 aromatic rings. The number of nitrogens with zero attached hydrogens (tertiary/aromatic N) is 2. The van der Waals surface area contributed by atoms with Crippen molar-refractivity contribution in [2.75, 3.05) is 27.1 Å². The molecule has 1 aromatic heterocycles. The average molecular weight is 396 g/mol. The van der Waals surface area contributed by atoms with E-state index in [0.717, 1.165) is 0 Å². The number of hydrogen-bond acceptors (Lipinski definition) is 7. The van der Waals surface area contributed by atoms with Crippen molar-refractivity contribution in [3.63, 3.8) is 0 Å². The first kappa shape index (κ1) is 18.9. The van der Waals surface area contributed by atoms with Gasteiger partial charge in [0.25, 0.3) is 11.7 Å². The summed E-state index contributed by atoms with van der Waals surface area (Å²) in [6.07, 6.45) is 3.76. The molecule has 2 aliphatic heterocycles. The Balaban J connectivity index is 1.79. The normalized spacial score (nSPS) is 19.8. The summed E-state index contributed by atoms with van der Waals surface area (Å²) in [7, 11) is 1.58. The molecule has 8 nitrogen and oxygen atoms in total. The quantitative estimate of drug-likeness (QED) is 0.346. The molecule has 0 saturated carbocycles. The van der Waals surface area contributed by atoms with E-state index in [1.807, 2.05) is 0 Å².